The van der Waals surface area contributed by atoms with Crippen LogP contribution >= 0.6 is 0 Å². The molecule has 2 saturated heterocycles. The predicted octanol–water partition coefficient (Wildman–Crippen LogP) is 3.04. The van der Waals surface area contributed by atoms with Crippen molar-refractivity contribution in [3.05, 3.63) is 30.3 Å². The maximum atomic E-state index is 12.9. The topological polar surface area (TPSA) is 68.3 Å². The summed E-state index contributed by atoms with van der Waals surface area (Å²) in [5, 5.41) is 1.89. The molecule has 3 rings (SSSR count). The molecule has 166 valence electrons. The van der Waals surface area contributed by atoms with Crippen molar-refractivity contribution in [3.8, 4) is 5.75 Å². The highest BCUT2D eigenvalue weighted by molar-refractivity contribution is 5.81. The second-order valence-electron chi connectivity index (χ2n) is 8.05. The van der Waals surface area contributed by atoms with E-state index in [9.17, 15) is 9.59 Å². The number of para-hydroxylation sites is 1. The van der Waals surface area contributed by atoms with Crippen LogP contribution in [0.3, 0.4) is 0 Å². The van der Waals surface area contributed by atoms with Crippen LogP contribution < -0.4 is 4.74 Å². The molecule has 0 saturated carbocycles. The molecule has 30 heavy (non-hydrogen) atoms. The van der Waals surface area contributed by atoms with Crippen molar-refractivity contribution < 1.29 is 23.9 Å². The first-order valence-electron chi connectivity index (χ1n) is 11.1. The van der Waals surface area contributed by atoms with E-state index in [0.717, 1.165) is 38.2 Å². The number of esters is 1. The van der Waals surface area contributed by atoms with E-state index in [1.165, 1.54) is 0 Å². The number of likely N-dealkylation sites (tertiary alicyclic amines) is 1. The average molecular weight is 419 g/mol. The third-order valence-corrected chi connectivity index (χ3v) is 5.88. The number of carbonyl (C=O) groups excluding carboxylic acids is 2. The predicted molar refractivity (Wildman–Crippen MR) is 113 cm³/mol. The highest BCUT2D eigenvalue weighted by Crippen LogP contribution is 2.35. The second-order valence-corrected chi connectivity index (χ2v) is 8.05. The van der Waals surface area contributed by atoms with Crippen LogP contribution in [-0.4, -0.2) is 67.8 Å². The Labute approximate surface area is 179 Å². The number of amides is 1. The van der Waals surface area contributed by atoms with Crippen LogP contribution in [0.25, 0.3) is 0 Å². The molecule has 1 amide bonds. The van der Waals surface area contributed by atoms with Gasteiger partial charge in [0, 0.05) is 32.6 Å². The molecule has 1 atom stereocenters. The number of hydrogen-bond acceptors (Lipinski definition) is 6. The van der Waals surface area contributed by atoms with Crippen LogP contribution in [0, 0.1) is 5.41 Å². The Hall–Kier alpha value is -2.12. The van der Waals surface area contributed by atoms with E-state index in [0.29, 0.717) is 52.1 Å². The number of rotatable bonds is 9. The number of benzene rings is 1. The minimum Gasteiger partial charge on any atom is -0.494 e. The van der Waals surface area contributed by atoms with Crippen LogP contribution in [0.2, 0.25) is 0 Å². The fourth-order valence-corrected chi connectivity index (χ4v) is 4.19. The first kappa shape index (κ1) is 22.6. The Morgan fingerprint density at radius 2 is 1.97 bits per heavy atom. The van der Waals surface area contributed by atoms with Gasteiger partial charge in [0.25, 0.3) is 0 Å². The normalized spacial score (nSPS) is 22.5. The lowest BCUT2D eigenvalue weighted by Gasteiger charge is -2.41. The maximum absolute atomic E-state index is 12.9. The van der Waals surface area contributed by atoms with Gasteiger partial charge in [-0.25, -0.2) is 0 Å². The molecule has 0 spiro atoms. The van der Waals surface area contributed by atoms with Crippen molar-refractivity contribution >= 4 is 11.9 Å². The molecule has 2 heterocycles. The van der Waals surface area contributed by atoms with Gasteiger partial charge in [-0.2, -0.15) is 5.06 Å². The van der Waals surface area contributed by atoms with Crippen molar-refractivity contribution in [3.63, 3.8) is 0 Å². The quantitative estimate of drug-likeness (QED) is 0.574. The number of ether oxygens (including phenoxy) is 2. The van der Waals surface area contributed by atoms with E-state index < -0.39 is 5.41 Å². The van der Waals surface area contributed by atoms with Crippen molar-refractivity contribution in [2.24, 2.45) is 5.41 Å². The minimum absolute atomic E-state index is 0.0709. The largest absolute Gasteiger partial charge is 0.494 e. The molecular formula is C23H34N2O5. The fraction of sp³-hybridized carbons (Fsp3) is 0.652. The zero-order valence-electron chi connectivity index (χ0n) is 18.0. The zero-order valence-corrected chi connectivity index (χ0v) is 18.0. The van der Waals surface area contributed by atoms with Crippen molar-refractivity contribution in [2.75, 3.05) is 46.0 Å². The molecular weight excluding hydrogens is 384 g/mol. The first-order valence-corrected chi connectivity index (χ1v) is 11.1. The molecule has 7 heteroatoms. The van der Waals surface area contributed by atoms with Gasteiger partial charge in [-0.1, -0.05) is 18.2 Å². The highest BCUT2D eigenvalue weighted by Gasteiger charge is 2.44. The molecule has 2 aliphatic rings. The van der Waals surface area contributed by atoms with E-state index in [4.69, 9.17) is 14.3 Å². The van der Waals surface area contributed by atoms with E-state index >= 15 is 0 Å². The summed E-state index contributed by atoms with van der Waals surface area (Å²) in [6, 6.07) is 9.58. The lowest BCUT2D eigenvalue weighted by molar-refractivity contribution is -0.183. The second kappa shape index (κ2) is 11.3. The van der Waals surface area contributed by atoms with E-state index in [1.807, 2.05) is 47.2 Å². The molecule has 0 unspecified atom stereocenters. The molecule has 2 fully saturated rings. The lowest BCUT2D eigenvalue weighted by Crippen LogP contribution is -2.51. The standard InChI is InChI=1S/C23H34N2O5/c1-2-28-22(27)23(13-18-29-20-9-4-3-5-10-20)12-8-14-24(19-23)21(26)11-16-25-15-6-7-17-30-25/h3-5,9-10H,2,6-8,11-19H2,1H3/t23-/m1/s1. The van der Waals surface area contributed by atoms with E-state index in [1.54, 1.807) is 0 Å². The van der Waals surface area contributed by atoms with Crippen LogP contribution in [0.4, 0.5) is 0 Å². The number of piperidine rings is 1. The molecule has 0 bridgehead atoms. The number of carbonyl (C=O) groups is 2. The van der Waals surface area contributed by atoms with Gasteiger partial charge in [0.2, 0.25) is 5.91 Å². The van der Waals surface area contributed by atoms with Crippen molar-refractivity contribution in [2.45, 2.75) is 45.4 Å². The zero-order chi connectivity index (χ0) is 21.2. The Morgan fingerprint density at radius 1 is 1.13 bits per heavy atom. The average Bonchev–Trinajstić information content (AvgIpc) is 2.79. The molecule has 0 aliphatic carbocycles. The summed E-state index contributed by atoms with van der Waals surface area (Å²) in [5.41, 5.74) is -0.708. The van der Waals surface area contributed by atoms with Gasteiger partial charge in [0.15, 0.2) is 0 Å². The summed E-state index contributed by atoms with van der Waals surface area (Å²) in [7, 11) is 0. The lowest BCUT2D eigenvalue weighted by atomic mass is 9.77. The van der Waals surface area contributed by atoms with Gasteiger partial charge < -0.3 is 14.4 Å². The summed E-state index contributed by atoms with van der Waals surface area (Å²) in [6.07, 6.45) is 4.60. The SMILES string of the molecule is CCOC(=O)[C@@]1(CCOc2ccccc2)CCCN(C(=O)CCN2CCCCO2)C1. The first-order chi connectivity index (χ1) is 14.6. The molecule has 0 radical (unpaired) electrons. The molecule has 0 aromatic heterocycles. The third kappa shape index (κ3) is 6.19. The molecule has 0 N–H and O–H groups in total. The summed E-state index contributed by atoms with van der Waals surface area (Å²) < 4.78 is 11.3. The van der Waals surface area contributed by atoms with E-state index in [-0.39, 0.29) is 11.9 Å². The smallest absolute Gasteiger partial charge is 0.314 e. The van der Waals surface area contributed by atoms with Crippen LogP contribution in [0.5, 0.6) is 5.75 Å². The molecule has 1 aromatic carbocycles. The minimum atomic E-state index is -0.708. The number of hydrogen-bond donors (Lipinski definition) is 0. The molecule has 2 aliphatic heterocycles. The summed E-state index contributed by atoms with van der Waals surface area (Å²) >= 11 is 0. The van der Waals surface area contributed by atoms with Gasteiger partial charge in [0.05, 0.1) is 25.2 Å². The molecule has 7 nitrogen and oxygen atoms in total. The number of nitrogens with zero attached hydrogens (tertiary/aromatic N) is 2. The fourth-order valence-electron chi connectivity index (χ4n) is 4.19. The Bertz CT molecular complexity index is 677. The Balaban J connectivity index is 1.58. The van der Waals surface area contributed by atoms with Gasteiger partial charge in [-0.15, -0.1) is 0 Å². The maximum Gasteiger partial charge on any atom is 0.314 e. The summed E-state index contributed by atoms with van der Waals surface area (Å²) in [6.45, 7) is 5.83. The van der Waals surface area contributed by atoms with Crippen LogP contribution in [0.1, 0.15) is 45.4 Å². The van der Waals surface area contributed by atoms with Gasteiger partial charge >= 0.3 is 5.97 Å². The van der Waals surface area contributed by atoms with Crippen LogP contribution in [-0.2, 0) is 19.2 Å². The molecule has 1 aromatic rings. The highest BCUT2D eigenvalue weighted by atomic mass is 16.7. The van der Waals surface area contributed by atoms with Crippen molar-refractivity contribution in [1.29, 1.82) is 0 Å². The van der Waals surface area contributed by atoms with Crippen LogP contribution in [0.15, 0.2) is 30.3 Å². The monoisotopic (exact) mass is 418 g/mol. The number of hydroxylamine groups is 2. The van der Waals surface area contributed by atoms with Gasteiger partial charge in [-0.05, 0) is 51.2 Å². The van der Waals surface area contributed by atoms with Crippen molar-refractivity contribution in [1.82, 2.24) is 9.96 Å². The Morgan fingerprint density at radius 3 is 2.70 bits per heavy atom. The third-order valence-electron chi connectivity index (χ3n) is 5.88. The summed E-state index contributed by atoms with van der Waals surface area (Å²) in [5.74, 6) is 0.627. The van der Waals surface area contributed by atoms with E-state index in [2.05, 4.69) is 0 Å². The van der Waals surface area contributed by atoms with Gasteiger partial charge in [0.1, 0.15) is 5.75 Å². The summed E-state index contributed by atoms with van der Waals surface area (Å²) in [4.78, 5) is 33.2. The Kier molecular flexibility index (Phi) is 8.51. The van der Waals surface area contributed by atoms with Gasteiger partial charge in [-0.3, -0.25) is 14.4 Å².